The molecule has 2 unspecified atom stereocenters. The van der Waals surface area contributed by atoms with Gasteiger partial charge in [-0.25, -0.2) is 0 Å². The number of methoxy groups -OCH3 is 1. The Kier molecular flexibility index (Phi) is 5.81. The van der Waals surface area contributed by atoms with Gasteiger partial charge in [0.25, 0.3) is 0 Å². The van der Waals surface area contributed by atoms with E-state index >= 15 is 0 Å². The van der Waals surface area contributed by atoms with Crippen molar-refractivity contribution in [2.75, 3.05) is 13.7 Å². The van der Waals surface area contributed by atoms with Crippen LogP contribution in [0.4, 0.5) is 0 Å². The highest BCUT2D eigenvalue weighted by Gasteiger charge is 2.30. The van der Waals surface area contributed by atoms with E-state index in [2.05, 4.69) is 5.32 Å². The van der Waals surface area contributed by atoms with Gasteiger partial charge < -0.3 is 15.2 Å². The molecule has 1 aromatic rings. The Morgan fingerprint density at radius 3 is 2.55 bits per heavy atom. The maximum atomic E-state index is 12.1. The molecule has 2 atom stereocenters. The topological polar surface area (TPSA) is 75.6 Å². The van der Waals surface area contributed by atoms with E-state index in [1.165, 1.54) is 0 Å². The molecule has 22 heavy (non-hydrogen) atoms. The van der Waals surface area contributed by atoms with Gasteiger partial charge in [0.1, 0.15) is 5.75 Å². The van der Waals surface area contributed by atoms with Crippen LogP contribution in [0.15, 0.2) is 24.3 Å². The first-order valence-electron chi connectivity index (χ1n) is 7.73. The summed E-state index contributed by atoms with van der Waals surface area (Å²) in [7, 11) is 1.63. The van der Waals surface area contributed by atoms with Gasteiger partial charge in [-0.3, -0.25) is 9.59 Å². The number of carbonyl (C=O) groups excluding carboxylic acids is 1. The standard InChI is InChI=1S/C17H23NO4/c1-22-15-7-5-12(6-8-15)9-10-18-16(19)13-3-2-4-14(11-13)17(20)21/h5-8,13-14H,2-4,9-11H2,1H3,(H,18,19)(H,20,21). The first-order valence-corrected chi connectivity index (χ1v) is 7.73. The van der Waals surface area contributed by atoms with Gasteiger partial charge in [-0.2, -0.15) is 0 Å². The number of amides is 1. The van der Waals surface area contributed by atoms with Crippen molar-refractivity contribution in [2.45, 2.75) is 32.1 Å². The van der Waals surface area contributed by atoms with E-state index in [1.807, 2.05) is 24.3 Å². The summed E-state index contributed by atoms with van der Waals surface area (Å²) in [6.45, 7) is 0.569. The third-order valence-electron chi connectivity index (χ3n) is 4.27. The SMILES string of the molecule is COc1ccc(CCNC(=O)C2CCCC(C(=O)O)C2)cc1. The average Bonchev–Trinajstić information content (AvgIpc) is 2.55. The van der Waals surface area contributed by atoms with E-state index in [0.29, 0.717) is 19.4 Å². The molecule has 0 radical (unpaired) electrons. The van der Waals surface area contributed by atoms with Gasteiger partial charge in [0.05, 0.1) is 13.0 Å². The predicted molar refractivity (Wildman–Crippen MR) is 82.8 cm³/mol. The van der Waals surface area contributed by atoms with Crippen molar-refractivity contribution in [3.05, 3.63) is 29.8 Å². The van der Waals surface area contributed by atoms with Crippen LogP contribution in [0.25, 0.3) is 0 Å². The largest absolute Gasteiger partial charge is 0.497 e. The van der Waals surface area contributed by atoms with E-state index in [1.54, 1.807) is 7.11 Å². The zero-order valence-electron chi connectivity index (χ0n) is 12.9. The zero-order valence-corrected chi connectivity index (χ0v) is 12.9. The van der Waals surface area contributed by atoms with Crippen LogP contribution in [0.2, 0.25) is 0 Å². The molecule has 5 heteroatoms. The summed E-state index contributed by atoms with van der Waals surface area (Å²) in [5.41, 5.74) is 1.13. The molecule has 0 aromatic heterocycles. The summed E-state index contributed by atoms with van der Waals surface area (Å²) >= 11 is 0. The predicted octanol–water partition coefficient (Wildman–Crippen LogP) is 2.24. The molecule has 0 saturated heterocycles. The number of carbonyl (C=O) groups is 2. The third-order valence-corrected chi connectivity index (χ3v) is 4.27. The molecule has 5 nitrogen and oxygen atoms in total. The Morgan fingerprint density at radius 2 is 1.91 bits per heavy atom. The van der Waals surface area contributed by atoms with Gasteiger partial charge in [-0.05, 0) is 43.4 Å². The van der Waals surface area contributed by atoms with Crippen LogP contribution < -0.4 is 10.1 Å². The molecule has 1 aliphatic rings. The van der Waals surface area contributed by atoms with E-state index in [-0.39, 0.29) is 17.7 Å². The second-order valence-corrected chi connectivity index (χ2v) is 5.79. The average molecular weight is 305 g/mol. The second kappa shape index (κ2) is 7.82. The van der Waals surface area contributed by atoms with Crippen molar-refractivity contribution in [3.63, 3.8) is 0 Å². The minimum absolute atomic E-state index is 0.0144. The number of ether oxygens (including phenoxy) is 1. The Balaban J connectivity index is 1.76. The summed E-state index contributed by atoms with van der Waals surface area (Å²) in [5.74, 6) is -0.512. The molecule has 120 valence electrons. The quantitative estimate of drug-likeness (QED) is 0.845. The van der Waals surface area contributed by atoms with Gasteiger partial charge in [0.15, 0.2) is 0 Å². The monoisotopic (exact) mass is 305 g/mol. The maximum absolute atomic E-state index is 12.1. The van der Waals surface area contributed by atoms with E-state index in [0.717, 1.165) is 30.6 Å². The molecule has 0 bridgehead atoms. The summed E-state index contributed by atoms with van der Waals surface area (Å²) in [5, 5.41) is 12.0. The molecule has 2 rings (SSSR count). The molecule has 1 saturated carbocycles. The summed E-state index contributed by atoms with van der Waals surface area (Å²) in [4.78, 5) is 23.2. The molecule has 0 spiro atoms. The summed E-state index contributed by atoms with van der Waals surface area (Å²) < 4.78 is 5.10. The van der Waals surface area contributed by atoms with Crippen molar-refractivity contribution >= 4 is 11.9 Å². The van der Waals surface area contributed by atoms with Crippen LogP contribution >= 0.6 is 0 Å². The molecular weight excluding hydrogens is 282 g/mol. The lowest BCUT2D eigenvalue weighted by Crippen LogP contribution is -2.36. The van der Waals surface area contributed by atoms with E-state index in [9.17, 15) is 9.59 Å². The lowest BCUT2D eigenvalue weighted by atomic mass is 9.81. The number of hydrogen-bond donors (Lipinski definition) is 2. The lowest BCUT2D eigenvalue weighted by Gasteiger charge is -2.25. The Labute approximate surface area is 130 Å². The zero-order chi connectivity index (χ0) is 15.9. The smallest absolute Gasteiger partial charge is 0.306 e. The number of nitrogens with one attached hydrogen (secondary N) is 1. The molecule has 1 fully saturated rings. The van der Waals surface area contributed by atoms with Crippen LogP contribution in [-0.2, 0) is 16.0 Å². The fourth-order valence-corrected chi connectivity index (χ4v) is 2.92. The van der Waals surface area contributed by atoms with Crippen molar-refractivity contribution in [1.82, 2.24) is 5.32 Å². The van der Waals surface area contributed by atoms with E-state index < -0.39 is 5.97 Å². The summed E-state index contributed by atoms with van der Waals surface area (Å²) in [6.07, 6.45) is 3.51. The lowest BCUT2D eigenvalue weighted by molar-refractivity contribution is -0.144. The Morgan fingerprint density at radius 1 is 1.23 bits per heavy atom. The molecule has 1 aromatic carbocycles. The van der Waals surface area contributed by atoms with Crippen LogP contribution in [0.5, 0.6) is 5.75 Å². The molecule has 0 heterocycles. The van der Waals surface area contributed by atoms with Gasteiger partial charge in [0, 0.05) is 12.5 Å². The minimum Gasteiger partial charge on any atom is -0.497 e. The highest BCUT2D eigenvalue weighted by molar-refractivity contribution is 5.80. The number of hydrogen-bond acceptors (Lipinski definition) is 3. The van der Waals surface area contributed by atoms with E-state index in [4.69, 9.17) is 9.84 Å². The van der Waals surface area contributed by atoms with Crippen LogP contribution in [0.1, 0.15) is 31.2 Å². The fraction of sp³-hybridized carbons (Fsp3) is 0.529. The molecular formula is C17H23NO4. The summed E-state index contributed by atoms with van der Waals surface area (Å²) in [6, 6.07) is 7.75. The van der Waals surface area contributed by atoms with Crippen molar-refractivity contribution < 1.29 is 19.4 Å². The van der Waals surface area contributed by atoms with Crippen LogP contribution in [-0.4, -0.2) is 30.6 Å². The fourth-order valence-electron chi connectivity index (χ4n) is 2.92. The highest BCUT2D eigenvalue weighted by Crippen LogP contribution is 2.29. The first-order chi connectivity index (χ1) is 10.6. The third kappa shape index (κ3) is 4.48. The number of aliphatic carboxylic acids is 1. The molecule has 2 N–H and O–H groups in total. The molecule has 1 aliphatic carbocycles. The maximum Gasteiger partial charge on any atom is 0.306 e. The highest BCUT2D eigenvalue weighted by atomic mass is 16.5. The Hall–Kier alpha value is -2.04. The molecule has 1 amide bonds. The van der Waals surface area contributed by atoms with Gasteiger partial charge in [0.2, 0.25) is 5.91 Å². The number of rotatable bonds is 6. The number of carboxylic acid groups (broad SMARTS) is 1. The van der Waals surface area contributed by atoms with Gasteiger partial charge in [-0.1, -0.05) is 18.6 Å². The van der Waals surface area contributed by atoms with Crippen LogP contribution in [0.3, 0.4) is 0 Å². The Bertz CT molecular complexity index is 512. The number of carboxylic acids is 1. The van der Waals surface area contributed by atoms with Crippen molar-refractivity contribution in [1.29, 1.82) is 0 Å². The first kappa shape index (κ1) is 16.3. The van der Waals surface area contributed by atoms with Gasteiger partial charge in [-0.15, -0.1) is 0 Å². The normalized spacial score (nSPS) is 21.1. The second-order valence-electron chi connectivity index (χ2n) is 5.79. The number of benzene rings is 1. The van der Waals surface area contributed by atoms with Crippen molar-refractivity contribution in [2.24, 2.45) is 11.8 Å². The van der Waals surface area contributed by atoms with Crippen LogP contribution in [0, 0.1) is 11.8 Å². The molecule has 0 aliphatic heterocycles. The van der Waals surface area contributed by atoms with Gasteiger partial charge >= 0.3 is 5.97 Å². The van der Waals surface area contributed by atoms with Crippen molar-refractivity contribution in [3.8, 4) is 5.75 Å². The minimum atomic E-state index is -0.782.